The van der Waals surface area contributed by atoms with Gasteiger partial charge in [0.05, 0.1) is 17.5 Å². The van der Waals surface area contributed by atoms with Crippen LogP contribution >= 0.6 is 45.8 Å². The van der Waals surface area contributed by atoms with E-state index in [1.807, 2.05) is 18.2 Å². The highest BCUT2D eigenvalue weighted by molar-refractivity contribution is 14.1. The van der Waals surface area contributed by atoms with Gasteiger partial charge in [0.1, 0.15) is 5.75 Å². The molecule has 4 aliphatic rings. The zero-order valence-corrected chi connectivity index (χ0v) is 23.2. The van der Waals surface area contributed by atoms with Crippen molar-refractivity contribution in [3.8, 4) is 5.75 Å². The van der Waals surface area contributed by atoms with Crippen molar-refractivity contribution in [3.05, 3.63) is 69.3 Å². The van der Waals surface area contributed by atoms with Gasteiger partial charge in [-0.25, -0.2) is 0 Å². The average molecular weight is 651 g/mol. The number of halogens is 3. The number of allylic oxidation sites excluding steroid dienone is 2. The molecule has 0 spiro atoms. The summed E-state index contributed by atoms with van der Waals surface area (Å²) in [5, 5.41) is 10.2. The summed E-state index contributed by atoms with van der Waals surface area (Å²) in [4.78, 5) is 52.8. The van der Waals surface area contributed by atoms with Crippen LogP contribution in [-0.2, 0) is 19.2 Å². The molecule has 0 aromatic heterocycles. The maximum atomic E-state index is 13.9. The molecule has 0 bridgehead atoms. The Labute approximate surface area is 236 Å². The Morgan fingerprint density at radius 3 is 2.35 bits per heavy atom. The highest BCUT2D eigenvalue weighted by Gasteiger charge is 2.75. The third kappa shape index (κ3) is 3.18. The molecular formula is C27H21Cl2IN2O5. The van der Waals surface area contributed by atoms with Crippen LogP contribution in [0.4, 0.5) is 5.69 Å². The molecule has 2 aliphatic carbocycles. The molecule has 10 heteroatoms. The van der Waals surface area contributed by atoms with Gasteiger partial charge < -0.3 is 5.11 Å². The van der Waals surface area contributed by atoms with Gasteiger partial charge >= 0.3 is 0 Å². The van der Waals surface area contributed by atoms with Crippen LogP contribution < -0.4 is 4.90 Å². The zero-order chi connectivity index (χ0) is 26.4. The average Bonchev–Trinajstić information content (AvgIpc) is 3.19. The summed E-state index contributed by atoms with van der Waals surface area (Å²) in [6, 6.07) is 13.5. The summed E-state index contributed by atoms with van der Waals surface area (Å²) in [7, 11) is 1.35. The van der Waals surface area contributed by atoms with Crippen molar-refractivity contribution in [3.63, 3.8) is 0 Å². The predicted molar refractivity (Wildman–Crippen MR) is 145 cm³/mol. The monoisotopic (exact) mass is 650 g/mol. The van der Waals surface area contributed by atoms with Crippen LogP contribution in [0.3, 0.4) is 0 Å². The molecule has 1 saturated carbocycles. The van der Waals surface area contributed by atoms with E-state index < -0.39 is 45.2 Å². The summed E-state index contributed by atoms with van der Waals surface area (Å²) < 4.78 is 0.971. The van der Waals surface area contributed by atoms with Crippen molar-refractivity contribution in [2.75, 3.05) is 11.9 Å². The van der Waals surface area contributed by atoms with E-state index in [0.29, 0.717) is 16.8 Å². The normalized spacial score (nSPS) is 34.9. The lowest BCUT2D eigenvalue weighted by Crippen LogP contribution is -2.60. The van der Waals surface area contributed by atoms with Gasteiger partial charge in [-0.3, -0.25) is 29.0 Å². The molecule has 6 rings (SSSR count). The van der Waals surface area contributed by atoms with E-state index in [2.05, 4.69) is 22.6 Å². The van der Waals surface area contributed by atoms with Crippen LogP contribution in [0, 0.1) is 21.3 Å². The second-order valence-electron chi connectivity index (χ2n) is 10.1. The summed E-state index contributed by atoms with van der Waals surface area (Å²) in [5.41, 5.74) is 1.70. The minimum Gasteiger partial charge on any atom is -0.508 e. The van der Waals surface area contributed by atoms with Crippen molar-refractivity contribution in [2.45, 2.75) is 28.5 Å². The molecular weight excluding hydrogens is 630 g/mol. The van der Waals surface area contributed by atoms with Crippen LogP contribution in [0.25, 0.3) is 0 Å². The number of phenolic OH excluding ortho intramolecular Hbond substituents is 1. The van der Waals surface area contributed by atoms with E-state index in [9.17, 15) is 24.3 Å². The first-order chi connectivity index (χ1) is 17.5. The second kappa shape index (κ2) is 8.28. The number of rotatable bonds is 2. The van der Waals surface area contributed by atoms with E-state index in [1.165, 1.54) is 24.1 Å². The van der Waals surface area contributed by atoms with Crippen molar-refractivity contribution in [1.82, 2.24) is 4.90 Å². The lowest BCUT2D eigenvalue weighted by atomic mass is 9.56. The highest BCUT2D eigenvalue weighted by Crippen LogP contribution is 2.65. The Balaban J connectivity index is 1.51. The number of aromatic hydroxyl groups is 1. The third-order valence-electron chi connectivity index (χ3n) is 8.30. The van der Waals surface area contributed by atoms with Crippen molar-refractivity contribution in [2.24, 2.45) is 17.8 Å². The number of nitrogens with zero attached hydrogens (tertiary/aromatic N) is 2. The molecule has 37 heavy (non-hydrogen) atoms. The van der Waals surface area contributed by atoms with E-state index in [4.69, 9.17) is 23.2 Å². The number of carbonyl (C=O) groups excluding carboxylic acids is 4. The number of fused-ring (bicyclic) bond motifs is 4. The SMILES string of the molecule is CN1C(=O)[C@]2(Cl)C[C@@H]3C(=CC[C@@H]4C(=O)N(c5ccc(I)cc5)C(=O)[C@@H]43)[C@H](c3cccc(O)c3)[C@]2(Cl)C1=O. The zero-order valence-electron chi connectivity index (χ0n) is 19.5. The van der Waals surface area contributed by atoms with Gasteiger partial charge in [-0.2, -0.15) is 0 Å². The molecule has 4 amide bonds. The minimum absolute atomic E-state index is 0.0310. The fourth-order valence-electron chi connectivity index (χ4n) is 6.67. The number of hydrogen-bond acceptors (Lipinski definition) is 5. The molecule has 1 N–H and O–H groups in total. The van der Waals surface area contributed by atoms with E-state index >= 15 is 0 Å². The number of likely N-dealkylation sites (tertiary alicyclic amines) is 1. The Hall–Kier alpha value is -2.43. The van der Waals surface area contributed by atoms with Gasteiger partial charge in [0.25, 0.3) is 11.8 Å². The Bertz CT molecular complexity index is 1430. The fourth-order valence-corrected chi connectivity index (χ4v) is 8.05. The van der Waals surface area contributed by atoms with E-state index in [-0.39, 0.29) is 30.4 Å². The molecule has 2 heterocycles. The number of anilines is 1. The Kier molecular flexibility index (Phi) is 5.57. The molecule has 0 radical (unpaired) electrons. The second-order valence-corrected chi connectivity index (χ2v) is 12.6. The Morgan fingerprint density at radius 2 is 1.68 bits per heavy atom. The molecule has 6 atom stereocenters. The fraction of sp³-hybridized carbons (Fsp3) is 0.333. The number of amides is 4. The van der Waals surface area contributed by atoms with Gasteiger partial charge in [0.2, 0.25) is 11.8 Å². The van der Waals surface area contributed by atoms with Crippen LogP contribution in [0.1, 0.15) is 24.3 Å². The summed E-state index contributed by atoms with van der Waals surface area (Å²) in [6.45, 7) is 0. The number of alkyl halides is 2. The van der Waals surface area contributed by atoms with Gasteiger partial charge in [0.15, 0.2) is 9.75 Å². The van der Waals surface area contributed by atoms with Crippen molar-refractivity contribution < 1.29 is 24.3 Å². The van der Waals surface area contributed by atoms with Crippen molar-refractivity contribution >= 4 is 75.1 Å². The molecule has 2 saturated heterocycles. The maximum absolute atomic E-state index is 13.9. The smallest absolute Gasteiger partial charge is 0.253 e. The van der Waals surface area contributed by atoms with Gasteiger partial charge in [-0.05, 0) is 83.3 Å². The summed E-state index contributed by atoms with van der Waals surface area (Å²) >= 11 is 16.4. The molecule has 2 aliphatic heterocycles. The van der Waals surface area contributed by atoms with Crippen LogP contribution in [-0.4, -0.2) is 50.4 Å². The topological polar surface area (TPSA) is 95.0 Å². The van der Waals surface area contributed by atoms with E-state index in [1.54, 1.807) is 24.3 Å². The molecule has 2 aromatic carbocycles. The summed E-state index contributed by atoms with van der Waals surface area (Å²) in [5.74, 6) is -4.78. The molecule has 0 unspecified atom stereocenters. The number of hydrogen-bond donors (Lipinski definition) is 1. The van der Waals surface area contributed by atoms with E-state index in [0.717, 1.165) is 8.47 Å². The number of phenols is 1. The van der Waals surface area contributed by atoms with Crippen LogP contribution in [0.5, 0.6) is 5.75 Å². The number of benzene rings is 2. The first kappa shape index (κ1) is 24.9. The van der Waals surface area contributed by atoms with Gasteiger partial charge in [0, 0.05) is 16.5 Å². The first-order valence-electron chi connectivity index (χ1n) is 11.8. The van der Waals surface area contributed by atoms with Crippen LogP contribution in [0.15, 0.2) is 60.2 Å². The lowest BCUT2D eigenvalue weighted by Gasteiger charge is -2.50. The van der Waals surface area contributed by atoms with Gasteiger partial charge in [-0.1, -0.05) is 23.8 Å². The Morgan fingerprint density at radius 1 is 0.973 bits per heavy atom. The van der Waals surface area contributed by atoms with Gasteiger partial charge in [-0.15, -0.1) is 23.2 Å². The maximum Gasteiger partial charge on any atom is 0.253 e. The largest absolute Gasteiger partial charge is 0.508 e. The number of imide groups is 2. The molecule has 2 aromatic rings. The summed E-state index contributed by atoms with van der Waals surface area (Å²) in [6.07, 6.45) is 2.10. The highest BCUT2D eigenvalue weighted by atomic mass is 127. The molecule has 190 valence electrons. The third-order valence-corrected chi connectivity index (χ3v) is 10.4. The minimum atomic E-state index is -1.86. The van der Waals surface area contributed by atoms with Crippen LogP contribution in [0.2, 0.25) is 0 Å². The molecule has 7 nitrogen and oxygen atoms in total. The first-order valence-corrected chi connectivity index (χ1v) is 13.7. The predicted octanol–water partition coefficient (Wildman–Crippen LogP) is 4.19. The number of carbonyl (C=O) groups is 4. The lowest BCUT2D eigenvalue weighted by molar-refractivity contribution is -0.138. The standard InChI is InChI=1S/C27H21Cl2IN2O5/c1-31-24(36)26(28)12-19-17(21(27(26,29)25(31)37)13-3-2-4-16(33)11-13)9-10-18-20(19)23(35)32(22(18)34)15-7-5-14(30)6-8-15/h2-9,11,18-21,33H,10,12H2,1H3/t18-,19+,20-,21-,26+,27-/m0/s1. The quantitative estimate of drug-likeness (QED) is 0.228. The molecule has 3 fully saturated rings. The van der Waals surface area contributed by atoms with Crippen molar-refractivity contribution in [1.29, 1.82) is 0 Å².